The summed E-state index contributed by atoms with van der Waals surface area (Å²) in [6.45, 7) is 9.91. The predicted molar refractivity (Wildman–Crippen MR) is 101 cm³/mol. The van der Waals surface area contributed by atoms with Gasteiger partial charge in [0.15, 0.2) is 0 Å². The highest BCUT2D eigenvalue weighted by molar-refractivity contribution is 5.82. The molecular weight excluding hydrogens is 314 g/mol. The lowest BCUT2D eigenvalue weighted by atomic mass is 10.0. The summed E-state index contributed by atoms with van der Waals surface area (Å²) >= 11 is 0. The van der Waals surface area contributed by atoms with E-state index < -0.39 is 0 Å². The van der Waals surface area contributed by atoms with Gasteiger partial charge in [0.2, 0.25) is 5.91 Å². The molecule has 1 aliphatic heterocycles. The van der Waals surface area contributed by atoms with Crippen molar-refractivity contribution in [2.75, 3.05) is 26.2 Å². The molecule has 1 N–H and O–H groups in total. The van der Waals surface area contributed by atoms with Gasteiger partial charge in [0, 0.05) is 44.7 Å². The third kappa shape index (κ3) is 3.93. The van der Waals surface area contributed by atoms with Crippen LogP contribution in [0, 0.1) is 13.8 Å². The zero-order valence-corrected chi connectivity index (χ0v) is 15.4. The van der Waals surface area contributed by atoms with E-state index in [1.807, 2.05) is 24.8 Å². The molecule has 1 aromatic heterocycles. The number of aromatic amines is 1. The van der Waals surface area contributed by atoms with Gasteiger partial charge in [0.1, 0.15) is 0 Å². The van der Waals surface area contributed by atoms with Gasteiger partial charge < -0.3 is 9.88 Å². The van der Waals surface area contributed by atoms with Crippen molar-refractivity contribution in [3.05, 3.63) is 45.2 Å². The van der Waals surface area contributed by atoms with Crippen LogP contribution in [0.15, 0.2) is 23.0 Å². The first-order chi connectivity index (χ1) is 12.0. The quantitative estimate of drug-likeness (QED) is 0.930. The number of aryl methyl sites for hydroxylation is 2. The summed E-state index contributed by atoms with van der Waals surface area (Å²) in [4.78, 5) is 31.7. The van der Waals surface area contributed by atoms with E-state index in [1.165, 1.54) is 5.56 Å². The first-order valence-corrected chi connectivity index (χ1v) is 9.11. The first kappa shape index (κ1) is 17.7. The zero-order valence-electron chi connectivity index (χ0n) is 15.4. The smallest absolute Gasteiger partial charge is 0.252 e. The van der Waals surface area contributed by atoms with E-state index in [9.17, 15) is 9.59 Å². The van der Waals surface area contributed by atoms with E-state index in [0.29, 0.717) is 13.0 Å². The maximum atomic E-state index is 12.5. The zero-order chi connectivity index (χ0) is 18.0. The predicted octanol–water partition coefficient (Wildman–Crippen LogP) is 2.59. The fraction of sp³-hybridized carbons (Fsp3) is 0.500. The molecule has 0 aliphatic carbocycles. The van der Waals surface area contributed by atoms with Gasteiger partial charge in [-0.2, -0.15) is 0 Å². The lowest BCUT2D eigenvalue weighted by molar-refractivity contribution is -0.133. The van der Waals surface area contributed by atoms with E-state index in [1.54, 1.807) is 0 Å². The van der Waals surface area contributed by atoms with Crippen molar-refractivity contribution in [3.63, 3.8) is 0 Å². The molecule has 0 saturated carbocycles. The normalized spacial score (nSPS) is 15.7. The van der Waals surface area contributed by atoms with Crippen molar-refractivity contribution < 1.29 is 4.79 Å². The number of amides is 1. The average Bonchev–Trinajstić information content (AvgIpc) is 2.57. The molecule has 2 aromatic rings. The summed E-state index contributed by atoms with van der Waals surface area (Å²) in [7, 11) is 0. The first-order valence-electron chi connectivity index (χ1n) is 9.11. The third-order valence-corrected chi connectivity index (χ3v) is 4.95. The van der Waals surface area contributed by atoms with E-state index in [-0.39, 0.29) is 11.5 Å². The fourth-order valence-electron chi connectivity index (χ4n) is 3.62. The largest absolute Gasteiger partial charge is 0.340 e. The molecule has 1 fully saturated rings. The molecule has 25 heavy (non-hydrogen) atoms. The van der Waals surface area contributed by atoms with Crippen molar-refractivity contribution in [3.8, 4) is 0 Å². The number of piperazine rings is 1. The van der Waals surface area contributed by atoms with Gasteiger partial charge >= 0.3 is 0 Å². The third-order valence-electron chi connectivity index (χ3n) is 4.95. The van der Waals surface area contributed by atoms with Gasteiger partial charge in [-0.15, -0.1) is 0 Å². The topological polar surface area (TPSA) is 56.4 Å². The number of nitrogens with zero attached hydrogens (tertiary/aromatic N) is 2. The van der Waals surface area contributed by atoms with Crippen LogP contribution in [0.4, 0.5) is 0 Å². The van der Waals surface area contributed by atoms with Gasteiger partial charge in [-0.1, -0.05) is 18.6 Å². The summed E-state index contributed by atoms with van der Waals surface area (Å²) in [6.07, 6.45) is 1.52. The van der Waals surface area contributed by atoms with E-state index in [2.05, 4.69) is 28.9 Å². The molecule has 2 heterocycles. The standard InChI is InChI=1S/C20H27N3O2/c1-4-5-18(24)23-8-6-22(7-9-23)13-17-12-16-11-14(2)10-15(3)19(16)21-20(17)25/h10-12H,4-9,13H2,1-3H3,(H,21,25). The monoisotopic (exact) mass is 341 g/mol. The van der Waals surface area contributed by atoms with E-state index in [4.69, 9.17) is 0 Å². The van der Waals surface area contributed by atoms with Gasteiger partial charge in [0.25, 0.3) is 5.56 Å². The Morgan fingerprint density at radius 2 is 1.84 bits per heavy atom. The molecule has 0 radical (unpaired) electrons. The molecule has 5 heteroatoms. The number of hydrogen-bond donors (Lipinski definition) is 1. The van der Waals surface area contributed by atoms with Crippen LogP contribution in [-0.4, -0.2) is 46.9 Å². The Hall–Kier alpha value is -2.14. The lowest BCUT2D eigenvalue weighted by Gasteiger charge is -2.34. The number of H-pyrrole nitrogens is 1. The molecule has 0 unspecified atom stereocenters. The maximum absolute atomic E-state index is 12.5. The van der Waals surface area contributed by atoms with Crippen LogP contribution < -0.4 is 5.56 Å². The Morgan fingerprint density at radius 3 is 2.52 bits per heavy atom. The molecule has 0 bridgehead atoms. The highest BCUT2D eigenvalue weighted by Crippen LogP contribution is 2.19. The highest BCUT2D eigenvalue weighted by Gasteiger charge is 2.21. The fourth-order valence-corrected chi connectivity index (χ4v) is 3.62. The van der Waals surface area contributed by atoms with Gasteiger partial charge in [-0.25, -0.2) is 0 Å². The molecule has 134 valence electrons. The van der Waals surface area contributed by atoms with Crippen molar-refractivity contribution in [1.82, 2.24) is 14.8 Å². The van der Waals surface area contributed by atoms with E-state index in [0.717, 1.165) is 54.6 Å². The van der Waals surface area contributed by atoms with Crippen molar-refractivity contribution in [2.45, 2.75) is 40.2 Å². The number of carbonyl (C=O) groups is 1. The second-order valence-electron chi connectivity index (χ2n) is 7.08. The molecular formula is C20H27N3O2. The molecule has 3 rings (SSSR count). The van der Waals surface area contributed by atoms with Crippen molar-refractivity contribution >= 4 is 16.8 Å². The number of aromatic nitrogens is 1. The molecule has 1 saturated heterocycles. The number of nitrogens with one attached hydrogen (secondary N) is 1. The summed E-state index contributed by atoms with van der Waals surface area (Å²) in [5, 5.41) is 1.09. The second kappa shape index (κ2) is 7.40. The van der Waals surface area contributed by atoms with Crippen molar-refractivity contribution in [2.24, 2.45) is 0 Å². The maximum Gasteiger partial charge on any atom is 0.252 e. The van der Waals surface area contributed by atoms with Gasteiger partial charge in [-0.05, 0) is 43.4 Å². The molecule has 1 amide bonds. The second-order valence-corrected chi connectivity index (χ2v) is 7.08. The van der Waals surface area contributed by atoms with Crippen molar-refractivity contribution in [1.29, 1.82) is 0 Å². The van der Waals surface area contributed by atoms with Crippen LogP contribution in [0.1, 0.15) is 36.5 Å². The number of hydrogen-bond acceptors (Lipinski definition) is 3. The van der Waals surface area contributed by atoms with Crippen LogP contribution >= 0.6 is 0 Å². The van der Waals surface area contributed by atoms with Gasteiger partial charge in [-0.3, -0.25) is 14.5 Å². The number of rotatable bonds is 4. The Labute approximate surface area is 148 Å². The van der Waals surface area contributed by atoms with Crippen LogP contribution in [-0.2, 0) is 11.3 Å². The summed E-state index contributed by atoms with van der Waals surface area (Å²) < 4.78 is 0. The minimum atomic E-state index is -0.0102. The number of benzene rings is 1. The molecule has 5 nitrogen and oxygen atoms in total. The van der Waals surface area contributed by atoms with Crippen LogP contribution in [0.2, 0.25) is 0 Å². The molecule has 0 spiro atoms. The Bertz CT molecular complexity index is 833. The SMILES string of the molecule is CCCC(=O)N1CCN(Cc2cc3cc(C)cc(C)c3[nH]c2=O)CC1. The Balaban J connectivity index is 1.73. The molecule has 0 atom stereocenters. The van der Waals surface area contributed by atoms with Crippen LogP contribution in [0.3, 0.4) is 0 Å². The summed E-state index contributed by atoms with van der Waals surface area (Å²) in [5.74, 6) is 0.247. The highest BCUT2D eigenvalue weighted by atomic mass is 16.2. The Kier molecular flexibility index (Phi) is 5.23. The average molecular weight is 341 g/mol. The number of carbonyl (C=O) groups excluding carboxylic acids is 1. The van der Waals surface area contributed by atoms with Crippen LogP contribution in [0.5, 0.6) is 0 Å². The molecule has 1 aliphatic rings. The van der Waals surface area contributed by atoms with E-state index >= 15 is 0 Å². The van der Waals surface area contributed by atoms with Gasteiger partial charge in [0.05, 0.1) is 5.52 Å². The number of fused-ring (bicyclic) bond motifs is 1. The summed E-state index contributed by atoms with van der Waals surface area (Å²) in [6, 6.07) is 6.22. The minimum absolute atomic E-state index is 0.0102. The minimum Gasteiger partial charge on any atom is -0.340 e. The summed E-state index contributed by atoms with van der Waals surface area (Å²) in [5.41, 5.74) is 4.01. The Morgan fingerprint density at radius 1 is 1.12 bits per heavy atom. The lowest BCUT2D eigenvalue weighted by Crippen LogP contribution is -2.48. The van der Waals surface area contributed by atoms with Crippen LogP contribution in [0.25, 0.3) is 10.9 Å². The number of pyridine rings is 1. The molecule has 1 aromatic carbocycles.